The fourth-order valence-corrected chi connectivity index (χ4v) is 1.41. The Morgan fingerprint density at radius 1 is 1.21 bits per heavy atom. The zero-order valence-corrected chi connectivity index (χ0v) is 13.3. The van der Waals surface area contributed by atoms with Gasteiger partial charge in [0.2, 0.25) is 5.91 Å². The first kappa shape index (κ1) is 20.4. The Balaban J connectivity index is 0. The van der Waals surface area contributed by atoms with Gasteiger partial charge in [0.25, 0.3) is 0 Å². The van der Waals surface area contributed by atoms with E-state index in [1.807, 2.05) is 27.7 Å². The molecule has 0 aromatic carbocycles. The summed E-state index contributed by atoms with van der Waals surface area (Å²) in [7, 11) is 1.78. The molecule has 1 amide bonds. The van der Waals surface area contributed by atoms with Crippen molar-refractivity contribution >= 4 is 29.7 Å². The van der Waals surface area contributed by atoms with Crippen LogP contribution in [-0.4, -0.2) is 49.1 Å². The van der Waals surface area contributed by atoms with Crippen LogP contribution in [0.15, 0.2) is 0 Å². The highest BCUT2D eigenvalue weighted by Crippen LogP contribution is 2.07. The van der Waals surface area contributed by atoms with Gasteiger partial charge in [-0.1, -0.05) is 27.7 Å². The monoisotopic (exact) mass is 290 g/mol. The Hall–Kier alpha value is -0.880. The largest absolute Gasteiger partial charge is 0.349 e. The molecule has 2 N–H and O–H groups in total. The van der Waals surface area contributed by atoms with E-state index >= 15 is 0 Å². The van der Waals surface area contributed by atoms with Crippen LogP contribution in [-0.2, 0) is 14.4 Å². The van der Waals surface area contributed by atoms with Gasteiger partial charge in [-0.2, -0.15) is 0 Å². The normalized spacial score (nSPS) is 9.84. The van der Waals surface area contributed by atoms with E-state index < -0.39 is 0 Å². The highest BCUT2D eigenvalue weighted by atomic mass is 32.2. The lowest BCUT2D eigenvalue weighted by Gasteiger charge is -2.03. The van der Waals surface area contributed by atoms with Crippen LogP contribution in [0.5, 0.6) is 0 Å². The van der Waals surface area contributed by atoms with Crippen LogP contribution < -0.4 is 10.6 Å². The number of hydrogen-bond acceptors (Lipinski definition) is 5. The topological polar surface area (TPSA) is 75.3 Å². The van der Waals surface area contributed by atoms with Gasteiger partial charge in [-0.25, -0.2) is 0 Å². The Morgan fingerprint density at radius 3 is 2.11 bits per heavy atom. The average molecular weight is 290 g/mol. The second kappa shape index (κ2) is 13.5. The third-order valence-corrected chi connectivity index (χ3v) is 3.02. The summed E-state index contributed by atoms with van der Waals surface area (Å²) < 4.78 is 0. The predicted molar refractivity (Wildman–Crippen MR) is 80.4 cm³/mol. The number of thioether (sulfide) groups is 1. The maximum atomic E-state index is 10.8. The van der Waals surface area contributed by atoms with Gasteiger partial charge in [-0.05, 0) is 12.3 Å². The molecule has 0 bridgehead atoms. The minimum Gasteiger partial charge on any atom is -0.349 e. The third kappa shape index (κ3) is 17.1. The molecule has 0 aromatic heterocycles. The molecule has 0 rings (SSSR count). The molecule has 19 heavy (non-hydrogen) atoms. The maximum Gasteiger partial charge on any atom is 0.230 e. The first-order chi connectivity index (χ1) is 8.84. The molecule has 5 nitrogen and oxygen atoms in total. The van der Waals surface area contributed by atoms with Gasteiger partial charge in [-0.3, -0.25) is 9.59 Å². The second-order valence-electron chi connectivity index (χ2n) is 4.48. The molecular weight excluding hydrogens is 264 g/mol. The van der Waals surface area contributed by atoms with E-state index in [1.54, 1.807) is 18.8 Å². The van der Waals surface area contributed by atoms with Gasteiger partial charge >= 0.3 is 0 Å². The summed E-state index contributed by atoms with van der Waals surface area (Å²) in [6.45, 7) is 8.48. The van der Waals surface area contributed by atoms with Gasteiger partial charge < -0.3 is 15.4 Å². The maximum absolute atomic E-state index is 10.8. The number of nitrogens with one attached hydrogen (secondary N) is 2. The van der Waals surface area contributed by atoms with E-state index in [0.29, 0.717) is 23.8 Å². The predicted octanol–water partition coefficient (Wildman–Crippen LogP) is 0.874. The van der Waals surface area contributed by atoms with Crippen LogP contribution in [0.4, 0.5) is 0 Å². The summed E-state index contributed by atoms with van der Waals surface area (Å²) in [5.41, 5.74) is 0. The first-order valence-electron chi connectivity index (χ1n) is 6.34. The van der Waals surface area contributed by atoms with Gasteiger partial charge in [0.1, 0.15) is 12.1 Å². The van der Waals surface area contributed by atoms with Crippen molar-refractivity contribution in [3.63, 3.8) is 0 Å². The molecule has 0 heterocycles. The van der Waals surface area contributed by atoms with Crippen molar-refractivity contribution in [1.82, 2.24) is 10.6 Å². The molecule has 0 aromatic rings. The molecule has 0 aliphatic heterocycles. The molecule has 0 aliphatic carbocycles. The SMILES string of the molecule is CC(C)SCC(=O)NCC=O.CNCC(=O)C(C)C. The van der Waals surface area contributed by atoms with Crippen LogP contribution in [0.1, 0.15) is 27.7 Å². The van der Waals surface area contributed by atoms with Crippen molar-refractivity contribution in [3.05, 3.63) is 0 Å². The summed E-state index contributed by atoms with van der Waals surface area (Å²) in [4.78, 5) is 31.3. The number of carbonyl (C=O) groups is 3. The van der Waals surface area contributed by atoms with Crippen LogP contribution >= 0.6 is 11.8 Å². The lowest BCUT2D eigenvalue weighted by atomic mass is 10.1. The minimum atomic E-state index is -0.0733. The van der Waals surface area contributed by atoms with Crippen molar-refractivity contribution in [2.75, 3.05) is 25.9 Å². The molecular formula is C13H26N2O3S. The van der Waals surface area contributed by atoms with Crippen molar-refractivity contribution in [2.24, 2.45) is 5.92 Å². The number of Topliss-reactive ketones (excluding diaryl/α,β-unsaturated/α-hetero) is 1. The number of ketones is 1. The van der Waals surface area contributed by atoms with Crippen LogP contribution in [0.25, 0.3) is 0 Å². The fourth-order valence-electron chi connectivity index (χ4n) is 0.827. The van der Waals surface area contributed by atoms with E-state index in [0.717, 1.165) is 0 Å². The lowest BCUT2D eigenvalue weighted by Crippen LogP contribution is -2.27. The second-order valence-corrected chi connectivity index (χ2v) is 6.05. The molecule has 0 unspecified atom stereocenters. The Labute approximate surface area is 120 Å². The van der Waals surface area contributed by atoms with Crippen LogP contribution in [0.3, 0.4) is 0 Å². The lowest BCUT2D eigenvalue weighted by molar-refractivity contribution is -0.121. The van der Waals surface area contributed by atoms with Crippen molar-refractivity contribution in [1.29, 1.82) is 0 Å². The molecule has 0 aliphatic rings. The zero-order valence-electron chi connectivity index (χ0n) is 12.5. The number of rotatable bonds is 8. The van der Waals surface area contributed by atoms with Gasteiger partial charge in [0.05, 0.1) is 18.8 Å². The molecule has 6 heteroatoms. The fraction of sp³-hybridized carbons (Fsp3) is 0.769. The van der Waals surface area contributed by atoms with Gasteiger partial charge in [0, 0.05) is 5.92 Å². The average Bonchev–Trinajstić information content (AvgIpc) is 2.34. The zero-order chi connectivity index (χ0) is 15.3. The standard InChI is InChI=1S/C7H13NO2S.C6H13NO/c1-6(2)11-5-7(10)8-3-4-9;1-5(2)6(8)4-7-3/h4,6H,3,5H2,1-2H3,(H,8,10);5,7H,4H2,1-3H3. The summed E-state index contributed by atoms with van der Waals surface area (Å²) in [5.74, 6) is 0.802. The summed E-state index contributed by atoms with van der Waals surface area (Å²) in [5, 5.41) is 5.71. The summed E-state index contributed by atoms with van der Waals surface area (Å²) in [6.07, 6.45) is 0.679. The summed E-state index contributed by atoms with van der Waals surface area (Å²) in [6, 6.07) is 0. The molecule has 0 atom stereocenters. The molecule has 0 spiro atoms. The van der Waals surface area contributed by atoms with Crippen molar-refractivity contribution < 1.29 is 14.4 Å². The highest BCUT2D eigenvalue weighted by molar-refractivity contribution is 8.00. The van der Waals surface area contributed by atoms with Gasteiger partial charge in [0.15, 0.2) is 0 Å². The molecule has 0 saturated carbocycles. The van der Waals surface area contributed by atoms with Crippen LogP contribution in [0, 0.1) is 5.92 Å². The molecule has 0 saturated heterocycles. The molecule has 0 radical (unpaired) electrons. The first-order valence-corrected chi connectivity index (χ1v) is 7.39. The van der Waals surface area contributed by atoms with Gasteiger partial charge in [-0.15, -0.1) is 11.8 Å². The molecule has 0 fully saturated rings. The highest BCUT2D eigenvalue weighted by Gasteiger charge is 2.03. The smallest absolute Gasteiger partial charge is 0.230 e. The number of hydrogen-bond donors (Lipinski definition) is 2. The van der Waals surface area contributed by atoms with E-state index in [-0.39, 0.29) is 24.2 Å². The van der Waals surface area contributed by atoms with E-state index in [1.165, 1.54) is 0 Å². The minimum absolute atomic E-state index is 0.0733. The Bertz CT molecular complexity index is 269. The van der Waals surface area contributed by atoms with Crippen LogP contribution in [0.2, 0.25) is 0 Å². The molecule has 112 valence electrons. The summed E-state index contributed by atoms with van der Waals surface area (Å²) >= 11 is 1.56. The number of amides is 1. The third-order valence-electron chi connectivity index (χ3n) is 1.93. The van der Waals surface area contributed by atoms with Crippen molar-refractivity contribution in [2.45, 2.75) is 32.9 Å². The number of likely N-dealkylation sites (N-methyl/N-ethyl adjacent to an activating group) is 1. The van der Waals surface area contributed by atoms with Crippen molar-refractivity contribution in [3.8, 4) is 0 Å². The quantitative estimate of drug-likeness (QED) is 0.649. The Kier molecular flexibility index (Phi) is 14.6. The van der Waals surface area contributed by atoms with E-state index in [9.17, 15) is 14.4 Å². The van der Waals surface area contributed by atoms with E-state index in [4.69, 9.17) is 0 Å². The number of carbonyl (C=O) groups excluding carboxylic acids is 3. The van der Waals surface area contributed by atoms with E-state index in [2.05, 4.69) is 10.6 Å². The number of aldehydes is 1. The Morgan fingerprint density at radius 2 is 1.79 bits per heavy atom.